The van der Waals surface area contributed by atoms with Crippen molar-refractivity contribution in [3.05, 3.63) is 58.1 Å². The number of carbonyl (C=O) groups excluding carboxylic acids is 1. The number of halogens is 1. The molecule has 2 aromatic carbocycles. The summed E-state index contributed by atoms with van der Waals surface area (Å²) in [5, 5.41) is 5.28. The van der Waals surface area contributed by atoms with Crippen molar-refractivity contribution in [3.63, 3.8) is 0 Å². The molecule has 1 fully saturated rings. The number of methoxy groups -OCH3 is 1. The van der Waals surface area contributed by atoms with Gasteiger partial charge in [-0.15, -0.1) is 0 Å². The molecule has 0 bridgehead atoms. The number of amides is 1. The number of hydrogen-bond donors (Lipinski definition) is 1. The summed E-state index contributed by atoms with van der Waals surface area (Å²) in [6, 6.07) is 11.0. The number of nitrogens with two attached hydrogens (primary N) is 1. The minimum atomic E-state index is -3.98. The van der Waals surface area contributed by atoms with Crippen LogP contribution in [0.25, 0.3) is 0 Å². The van der Waals surface area contributed by atoms with Crippen LogP contribution in [0.1, 0.15) is 34.3 Å². The van der Waals surface area contributed by atoms with E-state index in [1.165, 1.54) is 11.6 Å². The van der Waals surface area contributed by atoms with Gasteiger partial charge in [-0.2, -0.15) is 0 Å². The molecule has 10 heteroatoms. The fourth-order valence-corrected chi connectivity index (χ4v) is 5.35. The summed E-state index contributed by atoms with van der Waals surface area (Å²) in [7, 11) is -2.33. The van der Waals surface area contributed by atoms with E-state index in [1.54, 1.807) is 13.2 Å². The number of likely N-dealkylation sites (tertiary alicyclic amines) is 1. The maximum atomic E-state index is 12.9. The Hall–Kier alpha value is -2.17. The lowest BCUT2D eigenvalue weighted by atomic mass is 10.0. The van der Waals surface area contributed by atoms with Crippen LogP contribution in [0, 0.1) is 0 Å². The smallest absolute Gasteiger partial charge is 0.254 e. The molecule has 2 aliphatic rings. The molecule has 168 valence electrons. The standard InChI is InChI=1S/C21H24ClN3O4S.H2O/c1-29-17-4-2-14(3-5-17)12-24-8-6-16(7-9-24)25-13-15-10-19(22)20(30(23,27)28)11-18(15)21(25)26;/h2-5,10-11,16H,6-9,12-13H2,1H3,(H2,23,27,28);1H2. The number of fused-ring (bicyclic) bond motifs is 1. The fraction of sp³-hybridized carbons (Fsp3) is 0.381. The van der Waals surface area contributed by atoms with Crippen molar-refractivity contribution in [2.75, 3.05) is 20.2 Å². The molecule has 2 aromatic rings. The Kier molecular flexibility index (Phi) is 6.92. The molecular weight excluding hydrogens is 442 g/mol. The van der Waals surface area contributed by atoms with Crippen LogP contribution < -0.4 is 9.88 Å². The Morgan fingerprint density at radius 3 is 2.39 bits per heavy atom. The van der Waals surface area contributed by atoms with Crippen molar-refractivity contribution < 1.29 is 23.4 Å². The first kappa shape index (κ1) is 23.5. The first-order valence-electron chi connectivity index (χ1n) is 9.78. The highest BCUT2D eigenvalue weighted by molar-refractivity contribution is 7.89. The van der Waals surface area contributed by atoms with Crippen LogP contribution >= 0.6 is 11.6 Å². The van der Waals surface area contributed by atoms with E-state index in [0.29, 0.717) is 12.1 Å². The van der Waals surface area contributed by atoms with Gasteiger partial charge in [0.25, 0.3) is 5.91 Å². The Morgan fingerprint density at radius 2 is 1.81 bits per heavy atom. The Morgan fingerprint density at radius 1 is 1.16 bits per heavy atom. The molecular formula is C21H26ClN3O5S. The van der Waals surface area contributed by atoms with Crippen molar-refractivity contribution in [2.24, 2.45) is 5.14 Å². The van der Waals surface area contributed by atoms with Gasteiger partial charge in [0.2, 0.25) is 10.0 Å². The van der Waals surface area contributed by atoms with Gasteiger partial charge in [-0.3, -0.25) is 9.69 Å². The number of hydrogen-bond acceptors (Lipinski definition) is 5. The third kappa shape index (κ3) is 4.86. The van der Waals surface area contributed by atoms with Crippen LogP contribution in [0.2, 0.25) is 5.02 Å². The summed E-state index contributed by atoms with van der Waals surface area (Å²) in [6.07, 6.45) is 1.73. The topological polar surface area (TPSA) is 124 Å². The van der Waals surface area contributed by atoms with Crippen molar-refractivity contribution in [1.29, 1.82) is 0 Å². The molecule has 31 heavy (non-hydrogen) atoms. The Labute approximate surface area is 186 Å². The molecule has 2 heterocycles. The first-order valence-corrected chi connectivity index (χ1v) is 11.7. The van der Waals surface area contributed by atoms with Crippen molar-refractivity contribution in [1.82, 2.24) is 9.80 Å². The quantitative estimate of drug-likeness (QED) is 0.717. The average molecular weight is 468 g/mol. The van der Waals surface area contributed by atoms with Gasteiger partial charge in [0, 0.05) is 37.8 Å². The van der Waals surface area contributed by atoms with Gasteiger partial charge in [0.15, 0.2) is 0 Å². The Bertz CT molecular complexity index is 1070. The molecule has 0 saturated carbocycles. The fourth-order valence-electron chi connectivity index (χ4n) is 4.23. The lowest BCUT2D eigenvalue weighted by Crippen LogP contribution is -2.44. The van der Waals surface area contributed by atoms with Gasteiger partial charge in [0.05, 0.1) is 12.1 Å². The second-order valence-corrected chi connectivity index (χ2v) is 9.71. The molecule has 8 nitrogen and oxygen atoms in total. The van der Waals surface area contributed by atoms with E-state index in [1.807, 2.05) is 17.0 Å². The maximum Gasteiger partial charge on any atom is 0.254 e. The van der Waals surface area contributed by atoms with Crippen molar-refractivity contribution in [3.8, 4) is 5.75 Å². The van der Waals surface area contributed by atoms with Crippen LogP contribution in [0.5, 0.6) is 5.75 Å². The van der Waals surface area contributed by atoms with E-state index >= 15 is 0 Å². The number of ether oxygens (including phenoxy) is 1. The first-order chi connectivity index (χ1) is 14.3. The number of benzene rings is 2. The molecule has 4 N–H and O–H groups in total. The summed E-state index contributed by atoms with van der Waals surface area (Å²) in [5.74, 6) is 0.690. The lowest BCUT2D eigenvalue weighted by Gasteiger charge is -2.36. The van der Waals surface area contributed by atoms with Crippen LogP contribution in [-0.2, 0) is 23.1 Å². The van der Waals surface area contributed by atoms with Gasteiger partial charge in [-0.05, 0) is 48.2 Å². The van der Waals surface area contributed by atoms with Crippen LogP contribution in [0.15, 0.2) is 41.3 Å². The predicted octanol–water partition coefficient (Wildman–Crippen LogP) is 1.79. The zero-order valence-electron chi connectivity index (χ0n) is 17.2. The van der Waals surface area contributed by atoms with E-state index in [9.17, 15) is 13.2 Å². The molecule has 4 rings (SSSR count). The van der Waals surface area contributed by atoms with Gasteiger partial charge in [-0.1, -0.05) is 23.7 Å². The summed E-state index contributed by atoms with van der Waals surface area (Å²) in [6.45, 7) is 3.08. The van der Waals surface area contributed by atoms with Gasteiger partial charge in [-0.25, -0.2) is 13.6 Å². The van der Waals surface area contributed by atoms with E-state index in [-0.39, 0.29) is 27.3 Å². The largest absolute Gasteiger partial charge is 0.497 e. The highest BCUT2D eigenvalue weighted by atomic mass is 35.5. The number of nitrogens with zero attached hydrogens (tertiary/aromatic N) is 2. The number of primary sulfonamides is 1. The molecule has 2 aliphatic heterocycles. The van der Waals surface area contributed by atoms with E-state index < -0.39 is 10.0 Å². The molecule has 0 radical (unpaired) electrons. The second-order valence-electron chi connectivity index (χ2n) is 7.77. The average Bonchev–Trinajstić information content (AvgIpc) is 3.03. The number of rotatable bonds is 5. The van der Waals surface area contributed by atoms with Gasteiger partial charge in [0.1, 0.15) is 10.6 Å². The monoisotopic (exact) mass is 467 g/mol. The highest BCUT2D eigenvalue weighted by Gasteiger charge is 2.35. The van der Waals surface area contributed by atoms with Crippen molar-refractivity contribution >= 4 is 27.5 Å². The molecule has 1 saturated heterocycles. The van der Waals surface area contributed by atoms with Crippen LogP contribution in [0.4, 0.5) is 0 Å². The van der Waals surface area contributed by atoms with Crippen LogP contribution in [0.3, 0.4) is 0 Å². The summed E-state index contributed by atoms with van der Waals surface area (Å²) < 4.78 is 28.6. The molecule has 0 aliphatic carbocycles. The molecule has 1 amide bonds. The zero-order chi connectivity index (χ0) is 21.5. The van der Waals surface area contributed by atoms with E-state index in [4.69, 9.17) is 21.5 Å². The zero-order valence-corrected chi connectivity index (χ0v) is 18.7. The summed E-state index contributed by atoms with van der Waals surface area (Å²) >= 11 is 6.09. The third-order valence-electron chi connectivity index (χ3n) is 5.86. The number of carbonyl (C=O) groups is 1. The summed E-state index contributed by atoms with van der Waals surface area (Å²) in [4.78, 5) is 16.9. The normalized spacial score (nSPS) is 17.4. The second kappa shape index (κ2) is 9.13. The lowest BCUT2D eigenvalue weighted by molar-refractivity contribution is 0.0590. The minimum Gasteiger partial charge on any atom is -0.497 e. The number of sulfonamides is 1. The van der Waals surface area contributed by atoms with Gasteiger partial charge < -0.3 is 15.1 Å². The minimum absolute atomic E-state index is 0. The highest BCUT2D eigenvalue weighted by Crippen LogP contribution is 2.33. The molecule has 0 unspecified atom stereocenters. The molecule has 0 spiro atoms. The van der Waals surface area contributed by atoms with E-state index in [2.05, 4.69) is 17.0 Å². The summed E-state index contributed by atoms with van der Waals surface area (Å²) in [5.41, 5.74) is 2.35. The number of piperidine rings is 1. The van der Waals surface area contributed by atoms with Gasteiger partial charge >= 0.3 is 0 Å². The maximum absolute atomic E-state index is 12.9. The SMILES string of the molecule is COc1ccc(CN2CCC(N3Cc4cc(Cl)c(S(N)(=O)=O)cc4C3=O)CC2)cc1.O. The van der Waals surface area contributed by atoms with E-state index in [0.717, 1.165) is 43.8 Å². The molecule has 0 atom stereocenters. The molecule has 0 aromatic heterocycles. The van der Waals surface area contributed by atoms with Crippen molar-refractivity contribution in [2.45, 2.75) is 36.9 Å². The third-order valence-corrected chi connectivity index (χ3v) is 7.23. The Balaban J connectivity index is 0.00000272. The van der Waals surface area contributed by atoms with Crippen LogP contribution in [-0.4, -0.2) is 55.8 Å². The predicted molar refractivity (Wildman–Crippen MR) is 118 cm³/mol.